The number of carbonyl (C=O) groups is 2. The van der Waals surface area contributed by atoms with Crippen LogP contribution in [-0.2, 0) is 21.8 Å². The van der Waals surface area contributed by atoms with Crippen molar-refractivity contribution in [3.05, 3.63) is 58.0 Å². The molecule has 3 rings (SSSR count). The van der Waals surface area contributed by atoms with E-state index >= 15 is 0 Å². The number of hydrogen-bond acceptors (Lipinski definition) is 4. The van der Waals surface area contributed by atoms with Crippen LogP contribution in [0, 0.1) is 0 Å². The number of hydrogen-bond donors (Lipinski definition) is 0. The second kappa shape index (κ2) is 7.89. The molecule has 0 fully saturated rings. The second-order valence-electron chi connectivity index (χ2n) is 5.51. The number of allylic oxidation sites excluding steroid dienone is 1. The standard InChI is InChI=1S/C19H19NO3S2/c1-3-23-18(22)16-14-11-7-8-12-15(14)19(24-16)25(2)20-17(21)13-9-5-4-6-10-13/h4-6,8-10,12H,3,7,11H2,1-2H3/t25-/m0/s1. The van der Waals surface area contributed by atoms with Gasteiger partial charge in [-0.2, -0.15) is 4.36 Å². The average molecular weight is 373 g/mol. The highest BCUT2D eigenvalue weighted by Gasteiger charge is 2.24. The molecule has 0 bridgehead atoms. The monoisotopic (exact) mass is 373 g/mol. The molecule has 0 spiro atoms. The minimum atomic E-state index is -0.618. The summed E-state index contributed by atoms with van der Waals surface area (Å²) in [4.78, 5) is 25.3. The molecule has 1 heterocycles. The van der Waals surface area contributed by atoms with Crippen LogP contribution in [0.25, 0.3) is 6.08 Å². The first-order valence-corrected chi connectivity index (χ1v) is 10.5. The highest BCUT2D eigenvalue weighted by Crippen LogP contribution is 2.36. The zero-order valence-electron chi connectivity index (χ0n) is 14.2. The van der Waals surface area contributed by atoms with Gasteiger partial charge >= 0.3 is 5.97 Å². The van der Waals surface area contributed by atoms with E-state index < -0.39 is 10.7 Å². The summed E-state index contributed by atoms with van der Waals surface area (Å²) in [7, 11) is -0.618. The number of fused-ring (bicyclic) bond motifs is 1. The van der Waals surface area contributed by atoms with Crippen LogP contribution in [0.4, 0.5) is 0 Å². The summed E-state index contributed by atoms with van der Waals surface area (Å²) < 4.78 is 10.5. The van der Waals surface area contributed by atoms with Crippen LogP contribution in [0.1, 0.15) is 44.5 Å². The van der Waals surface area contributed by atoms with Crippen LogP contribution in [0.15, 0.2) is 45.0 Å². The minimum absolute atomic E-state index is 0.231. The molecule has 1 amide bonds. The molecule has 1 atom stereocenters. The third-order valence-electron chi connectivity index (χ3n) is 3.83. The van der Waals surface area contributed by atoms with E-state index in [4.69, 9.17) is 4.74 Å². The normalized spacial score (nSPS) is 14.2. The topological polar surface area (TPSA) is 55.7 Å². The van der Waals surface area contributed by atoms with E-state index in [0.717, 1.165) is 28.2 Å². The molecule has 2 aromatic rings. The Kier molecular flexibility index (Phi) is 5.60. The summed E-state index contributed by atoms with van der Waals surface area (Å²) in [6, 6.07) is 9.04. The number of carbonyl (C=O) groups excluding carboxylic acids is 2. The number of amides is 1. The molecule has 0 aliphatic heterocycles. The molecule has 1 aromatic carbocycles. The van der Waals surface area contributed by atoms with E-state index in [-0.39, 0.29) is 11.9 Å². The SMILES string of the molecule is CCOC(=O)c1sc([S@](C)=NC(=O)c2ccccc2)c2c1CCC=C2. The van der Waals surface area contributed by atoms with E-state index in [0.29, 0.717) is 17.0 Å². The lowest BCUT2D eigenvalue weighted by atomic mass is 10.00. The molecular weight excluding hydrogens is 354 g/mol. The van der Waals surface area contributed by atoms with Crippen molar-refractivity contribution >= 4 is 40.0 Å². The predicted molar refractivity (Wildman–Crippen MR) is 102 cm³/mol. The zero-order chi connectivity index (χ0) is 17.8. The Morgan fingerprint density at radius 3 is 2.76 bits per heavy atom. The number of thiophene rings is 1. The van der Waals surface area contributed by atoms with Gasteiger partial charge in [0.2, 0.25) is 0 Å². The van der Waals surface area contributed by atoms with Crippen molar-refractivity contribution in [2.45, 2.75) is 24.0 Å². The molecule has 4 nitrogen and oxygen atoms in total. The molecule has 0 radical (unpaired) electrons. The van der Waals surface area contributed by atoms with Gasteiger partial charge in [-0.1, -0.05) is 41.0 Å². The number of benzene rings is 1. The molecule has 1 aromatic heterocycles. The Morgan fingerprint density at radius 2 is 2.04 bits per heavy atom. The van der Waals surface area contributed by atoms with Crippen molar-refractivity contribution in [1.29, 1.82) is 0 Å². The molecule has 1 aliphatic rings. The molecule has 130 valence electrons. The quantitative estimate of drug-likeness (QED) is 0.741. The molecule has 0 saturated carbocycles. The highest BCUT2D eigenvalue weighted by atomic mass is 32.2. The van der Waals surface area contributed by atoms with Gasteiger partial charge < -0.3 is 4.74 Å². The van der Waals surface area contributed by atoms with E-state index in [2.05, 4.69) is 10.4 Å². The average Bonchev–Trinajstić information content (AvgIpc) is 3.02. The van der Waals surface area contributed by atoms with Gasteiger partial charge in [0.25, 0.3) is 5.91 Å². The van der Waals surface area contributed by atoms with Crippen molar-refractivity contribution in [3.8, 4) is 0 Å². The van der Waals surface area contributed by atoms with Crippen LogP contribution in [0.3, 0.4) is 0 Å². The number of esters is 1. The zero-order valence-corrected chi connectivity index (χ0v) is 15.8. The third kappa shape index (κ3) is 3.80. The van der Waals surface area contributed by atoms with E-state index in [1.165, 1.54) is 11.3 Å². The van der Waals surface area contributed by atoms with Gasteiger partial charge in [-0.3, -0.25) is 4.79 Å². The Bertz CT molecular complexity index is 866. The van der Waals surface area contributed by atoms with Crippen LogP contribution >= 0.6 is 11.3 Å². The molecule has 0 N–H and O–H groups in total. The molecule has 0 saturated heterocycles. The van der Waals surface area contributed by atoms with E-state index in [9.17, 15) is 9.59 Å². The van der Waals surface area contributed by atoms with Crippen LogP contribution < -0.4 is 0 Å². The molecular formula is C19H19NO3S2. The molecule has 0 unspecified atom stereocenters. The predicted octanol–water partition coefficient (Wildman–Crippen LogP) is 4.52. The van der Waals surface area contributed by atoms with Crippen molar-refractivity contribution in [2.75, 3.05) is 12.9 Å². The summed E-state index contributed by atoms with van der Waals surface area (Å²) in [6.07, 6.45) is 7.79. The maximum atomic E-state index is 12.4. The lowest BCUT2D eigenvalue weighted by Crippen LogP contribution is -2.06. The smallest absolute Gasteiger partial charge is 0.348 e. The Morgan fingerprint density at radius 1 is 1.28 bits per heavy atom. The maximum Gasteiger partial charge on any atom is 0.348 e. The lowest BCUT2D eigenvalue weighted by Gasteiger charge is -2.08. The highest BCUT2D eigenvalue weighted by molar-refractivity contribution is 7.89. The largest absolute Gasteiger partial charge is 0.462 e. The fourth-order valence-corrected chi connectivity index (χ4v) is 5.44. The first-order valence-electron chi connectivity index (χ1n) is 8.08. The van der Waals surface area contributed by atoms with Crippen molar-refractivity contribution < 1.29 is 14.3 Å². The summed E-state index contributed by atoms with van der Waals surface area (Å²) in [6.45, 7) is 2.16. The number of rotatable bonds is 4. The first-order chi connectivity index (χ1) is 12.1. The minimum Gasteiger partial charge on any atom is -0.462 e. The van der Waals surface area contributed by atoms with Gasteiger partial charge in [0.05, 0.1) is 10.8 Å². The summed E-state index contributed by atoms with van der Waals surface area (Å²) in [5, 5.41) is 0. The first kappa shape index (κ1) is 17.8. The summed E-state index contributed by atoms with van der Waals surface area (Å²) >= 11 is 1.41. The van der Waals surface area contributed by atoms with E-state index in [1.807, 2.05) is 30.5 Å². The van der Waals surface area contributed by atoms with Gasteiger partial charge in [-0.25, -0.2) is 4.79 Å². The number of ether oxygens (including phenoxy) is 1. The fraction of sp³-hybridized carbons (Fsp3) is 0.263. The molecule has 25 heavy (non-hydrogen) atoms. The third-order valence-corrected chi connectivity index (χ3v) is 7.02. The van der Waals surface area contributed by atoms with Crippen LogP contribution in [0.5, 0.6) is 0 Å². The van der Waals surface area contributed by atoms with Crippen LogP contribution in [0.2, 0.25) is 0 Å². The van der Waals surface area contributed by atoms with Crippen molar-refractivity contribution in [2.24, 2.45) is 4.36 Å². The molecule has 6 heteroatoms. The van der Waals surface area contributed by atoms with E-state index in [1.54, 1.807) is 19.1 Å². The fourth-order valence-electron chi connectivity index (χ4n) is 2.68. The summed E-state index contributed by atoms with van der Waals surface area (Å²) in [5.74, 6) is -0.511. The van der Waals surface area contributed by atoms with Crippen molar-refractivity contribution in [1.82, 2.24) is 0 Å². The van der Waals surface area contributed by atoms with Gasteiger partial charge in [-0.15, -0.1) is 11.3 Å². The number of nitrogens with zero attached hydrogens (tertiary/aromatic N) is 1. The molecule has 1 aliphatic carbocycles. The van der Waals surface area contributed by atoms with Gasteiger partial charge in [0.1, 0.15) is 4.88 Å². The Hall–Kier alpha value is -2.05. The Labute approximate surface area is 153 Å². The van der Waals surface area contributed by atoms with Gasteiger partial charge in [0, 0.05) is 11.1 Å². The maximum absolute atomic E-state index is 12.4. The second-order valence-corrected chi connectivity index (χ2v) is 8.34. The van der Waals surface area contributed by atoms with Gasteiger partial charge in [0.15, 0.2) is 0 Å². The van der Waals surface area contributed by atoms with Crippen molar-refractivity contribution in [3.63, 3.8) is 0 Å². The van der Waals surface area contributed by atoms with Gasteiger partial charge in [-0.05, 0) is 43.7 Å². The van der Waals surface area contributed by atoms with Crippen LogP contribution in [-0.4, -0.2) is 24.7 Å². The lowest BCUT2D eigenvalue weighted by molar-refractivity contribution is 0.0530. The summed E-state index contributed by atoms with van der Waals surface area (Å²) in [5.41, 5.74) is 2.64. The Balaban J connectivity index is 1.99.